The van der Waals surface area contributed by atoms with Crippen molar-refractivity contribution < 1.29 is 28.8 Å². The highest BCUT2D eigenvalue weighted by molar-refractivity contribution is 6.11. The lowest BCUT2D eigenvalue weighted by atomic mass is 9.90. The van der Waals surface area contributed by atoms with Crippen LogP contribution in [-0.2, 0) is 15.3 Å². The van der Waals surface area contributed by atoms with E-state index in [0.29, 0.717) is 16.9 Å². The maximum absolute atomic E-state index is 13.4. The molecule has 4 rings (SSSR count). The fourth-order valence-corrected chi connectivity index (χ4v) is 3.60. The van der Waals surface area contributed by atoms with Crippen molar-refractivity contribution in [3.63, 3.8) is 0 Å². The van der Waals surface area contributed by atoms with Gasteiger partial charge in [-0.3, -0.25) is 9.53 Å². The summed E-state index contributed by atoms with van der Waals surface area (Å²) in [6.45, 7) is 3.83. The maximum Gasteiger partial charge on any atom is 0.310 e. The molecule has 27 heavy (non-hydrogen) atoms. The minimum absolute atomic E-state index is 0.0366. The van der Waals surface area contributed by atoms with Crippen LogP contribution in [0.15, 0.2) is 42.0 Å². The van der Waals surface area contributed by atoms with Crippen molar-refractivity contribution in [1.29, 1.82) is 0 Å². The zero-order chi connectivity index (χ0) is 19.4. The van der Waals surface area contributed by atoms with Crippen molar-refractivity contribution in [2.45, 2.75) is 25.4 Å². The highest BCUT2D eigenvalue weighted by atomic mass is 16.9. The van der Waals surface area contributed by atoms with Gasteiger partial charge in [0.1, 0.15) is 11.3 Å². The van der Waals surface area contributed by atoms with E-state index in [1.807, 2.05) is 50.3 Å². The molecule has 2 aliphatic heterocycles. The van der Waals surface area contributed by atoms with Crippen LogP contribution in [0.5, 0.6) is 17.2 Å². The average Bonchev–Trinajstić information content (AvgIpc) is 3.34. The van der Waals surface area contributed by atoms with Crippen LogP contribution in [0.4, 0.5) is 0 Å². The van der Waals surface area contributed by atoms with E-state index < -0.39 is 17.4 Å². The molecule has 2 heterocycles. The van der Waals surface area contributed by atoms with E-state index in [1.54, 1.807) is 0 Å². The number of phenolic OH excluding ortho intramolecular Hbond substituents is 1. The average molecular weight is 368 g/mol. The Morgan fingerprint density at radius 3 is 2.48 bits per heavy atom. The Hall–Kier alpha value is -2.83. The first-order chi connectivity index (χ1) is 12.9. The molecule has 1 N–H and O–H groups in total. The Bertz CT molecular complexity index is 960. The fraction of sp³-hybridized carbons (Fsp3) is 0.286. The van der Waals surface area contributed by atoms with E-state index >= 15 is 0 Å². The van der Waals surface area contributed by atoms with Crippen molar-refractivity contribution in [2.75, 3.05) is 14.2 Å². The quantitative estimate of drug-likeness (QED) is 0.831. The van der Waals surface area contributed by atoms with Crippen LogP contribution in [0, 0.1) is 0 Å². The Kier molecular flexibility index (Phi) is 3.80. The molecule has 2 aliphatic rings. The SMILES string of the molecule is COc1c(O)cc(C=C(C)C)c2c1C(=O)C1(OC)OC1(c1ccccc1)O2. The third-order valence-electron chi connectivity index (χ3n) is 4.78. The number of allylic oxidation sites excluding steroid dienone is 1. The predicted molar refractivity (Wildman–Crippen MR) is 97.9 cm³/mol. The molecule has 0 radical (unpaired) electrons. The molecule has 0 bridgehead atoms. The van der Waals surface area contributed by atoms with E-state index in [2.05, 4.69) is 0 Å². The Morgan fingerprint density at radius 2 is 1.89 bits per heavy atom. The lowest BCUT2D eigenvalue weighted by Crippen LogP contribution is -2.42. The second-order valence-electron chi connectivity index (χ2n) is 6.78. The number of benzene rings is 2. The molecule has 0 aromatic heterocycles. The first-order valence-electron chi connectivity index (χ1n) is 8.53. The molecule has 0 amide bonds. The zero-order valence-corrected chi connectivity index (χ0v) is 15.5. The summed E-state index contributed by atoms with van der Waals surface area (Å²) in [6.07, 6.45) is 1.83. The Morgan fingerprint density at radius 1 is 1.19 bits per heavy atom. The van der Waals surface area contributed by atoms with E-state index in [4.69, 9.17) is 18.9 Å². The van der Waals surface area contributed by atoms with Gasteiger partial charge in [-0.15, -0.1) is 0 Å². The van der Waals surface area contributed by atoms with Crippen LogP contribution in [0.25, 0.3) is 6.08 Å². The molecule has 0 spiro atoms. The third kappa shape index (κ3) is 2.23. The summed E-state index contributed by atoms with van der Waals surface area (Å²) in [5.41, 5.74) is 2.32. The lowest BCUT2D eigenvalue weighted by molar-refractivity contribution is -0.00815. The zero-order valence-electron chi connectivity index (χ0n) is 15.5. The van der Waals surface area contributed by atoms with Crippen LogP contribution in [0.3, 0.4) is 0 Å². The number of phenols is 1. The number of rotatable bonds is 4. The van der Waals surface area contributed by atoms with Crippen molar-refractivity contribution in [2.24, 2.45) is 0 Å². The summed E-state index contributed by atoms with van der Waals surface area (Å²) in [5, 5.41) is 10.4. The minimum Gasteiger partial charge on any atom is -0.504 e. The van der Waals surface area contributed by atoms with Gasteiger partial charge in [0, 0.05) is 18.2 Å². The van der Waals surface area contributed by atoms with Gasteiger partial charge in [0.15, 0.2) is 11.5 Å². The summed E-state index contributed by atoms with van der Waals surface area (Å²) < 4.78 is 22.9. The molecule has 140 valence electrons. The Labute approximate surface area is 156 Å². The minimum atomic E-state index is -1.62. The van der Waals surface area contributed by atoms with Gasteiger partial charge in [-0.2, -0.15) is 0 Å². The molecule has 0 saturated carbocycles. The summed E-state index contributed by atoms with van der Waals surface area (Å²) >= 11 is 0. The number of carbonyl (C=O) groups is 1. The van der Waals surface area contributed by atoms with Gasteiger partial charge in [-0.1, -0.05) is 42.0 Å². The first-order valence-corrected chi connectivity index (χ1v) is 8.53. The summed E-state index contributed by atoms with van der Waals surface area (Å²) in [7, 11) is 2.78. The summed E-state index contributed by atoms with van der Waals surface area (Å²) in [5.74, 6) is -3.27. The smallest absolute Gasteiger partial charge is 0.310 e. The van der Waals surface area contributed by atoms with Crippen LogP contribution in [-0.4, -0.2) is 30.9 Å². The largest absolute Gasteiger partial charge is 0.504 e. The van der Waals surface area contributed by atoms with Gasteiger partial charge < -0.3 is 19.3 Å². The molecule has 1 fully saturated rings. The molecular weight excluding hydrogens is 348 g/mol. The van der Waals surface area contributed by atoms with Gasteiger partial charge in [0.2, 0.25) is 5.78 Å². The van der Waals surface area contributed by atoms with Crippen LogP contribution in [0.1, 0.15) is 35.3 Å². The number of hydrogen-bond acceptors (Lipinski definition) is 6. The molecule has 2 atom stereocenters. The van der Waals surface area contributed by atoms with Crippen LogP contribution in [0.2, 0.25) is 0 Å². The van der Waals surface area contributed by atoms with Gasteiger partial charge >= 0.3 is 11.6 Å². The second-order valence-corrected chi connectivity index (χ2v) is 6.78. The maximum atomic E-state index is 13.4. The molecular formula is C21H20O6. The number of aromatic hydroxyl groups is 1. The lowest BCUT2D eigenvalue weighted by Gasteiger charge is -2.28. The molecule has 1 saturated heterocycles. The number of fused-ring (bicyclic) bond motifs is 2. The number of epoxide rings is 1. The number of hydrogen-bond donors (Lipinski definition) is 1. The molecule has 2 unspecified atom stereocenters. The molecule has 2 aromatic rings. The van der Waals surface area contributed by atoms with Gasteiger partial charge in [-0.05, 0) is 19.9 Å². The number of Topliss-reactive ketones (excluding diaryl/α,β-unsaturated/α-hetero) is 1. The van der Waals surface area contributed by atoms with Gasteiger partial charge in [-0.25, -0.2) is 0 Å². The second kappa shape index (κ2) is 5.84. The Balaban J connectivity index is 2.00. The standard InChI is InChI=1S/C21H20O6/c1-12(2)10-13-11-15(22)18(24-3)16-17(13)26-20(14-8-6-5-7-9-14)21(25-4,27-20)19(16)23/h5-11,22H,1-4H3. The summed E-state index contributed by atoms with van der Waals surface area (Å²) in [6, 6.07) is 10.7. The van der Waals surface area contributed by atoms with Crippen molar-refractivity contribution in [3.8, 4) is 17.2 Å². The van der Waals surface area contributed by atoms with E-state index in [9.17, 15) is 9.90 Å². The number of carbonyl (C=O) groups excluding carboxylic acids is 1. The number of ketones is 1. The van der Waals surface area contributed by atoms with E-state index in [1.165, 1.54) is 20.3 Å². The van der Waals surface area contributed by atoms with Crippen molar-refractivity contribution in [1.82, 2.24) is 0 Å². The third-order valence-corrected chi connectivity index (χ3v) is 4.78. The highest BCUT2D eigenvalue weighted by Crippen LogP contribution is 2.64. The molecule has 6 nitrogen and oxygen atoms in total. The highest BCUT2D eigenvalue weighted by Gasteiger charge is 2.83. The van der Waals surface area contributed by atoms with Crippen LogP contribution >= 0.6 is 0 Å². The normalized spacial score (nSPS) is 25.1. The van der Waals surface area contributed by atoms with Gasteiger partial charge in [0.05, 0.1) is 7.11 Å². The first kappa shape index (κ1) is 17.6. The van der Waals surface area contributed by atoms with Gasteiger partial charge in [0.25, 0.3) is 0 Å². The van der Waals surface area contributed by atoms with Crippen LogP contribution < -0.4 is 9.47 Å². The molecule has 6 heteroatoms. The fourth-order valence-electron chi connectivity index (χ4n) is 3.60. The number of ether oxygens (including phenoxy) is 4. The molecule has 2 aromatic carbocycles. The van der Waals surface area contributed by atoms with Crippen molar-refractivity contribution in [3.05, 3.63) is 58.7 Å². The predicted octanol–water partition coefficient (Wildman–Crippen LogP) is 3.63. The molecule has 0 aliphatic carbocycles. The van der Waals surface area contributed by atoms with E-state index in [0.717, 1.165) is 5.57 Å². The van der Waals surface area contributed by atoms with E-state index in [-0.39, 0.29) is 17.1 Å². The monoisotopic (exact) mass is 368 g/mol. The number of methoxy groups -OCH3 is 2. The van der Waals surface area contributed by atoms with Crippen molar-refractivity contribution >= 4 is 11.9 Å². The summed E-state index contributed by atoms with van der Waals surface area (Å²) in [4.78, 5) is 13.4. The topological polar surface area (TPSA) is 77.5 Å².